The molecule has 0 amide bonds. The van der Waals surface area contributed by atoms with E-state index in [1.807, 2.05) is 18.3 Å². The van der Waals surface area contributed by atoms with Gasteiger partial charge in [0.1, 0.15) is 10.7 Å². The monoisotopic (exact) mass is 339 g/mol. The van der Waals surface area contributed by atoms with Crippen LogP contribution in [0, 0.1) is 0 Å². The summed E-state index contributed by atoms with van der Waals surface area (Å²) in [6.45, 7) is 8.38. The standard InChI is InChI=1S/C18H21N5S/c1-3-22(4-2)10-11-23-14-8-7-13(19)17-15(14)16(21-23)12-6-5-9-20-18(12)24-17/h5-9H,3-4,10-11,19H2,1-2H3. The molecule has 3 aromatic rings. The molecule has 2 N–H and O–H groups in total. The molecule has 2 aromatic heterocycles. The normalized spacial score (nSPS) is 12.8. The smallest absolute Gasteiger partial charge is 0.110 e. The van der Waals surface area contributed by atoms with Crippen molar-refractivity contribution >= 4 is 28.4 Å². The van der Waals surface area contributed by atoms with E-state index in [0.29, 0.717) is 0 Å². The van der Waals surface area contributed by atoms with Crippen LogP contribution < -0.4 is 5.73 Å². The number of nitrogen functional groups attached to an aromatic ring is 1. The van der Waals surface area contributed by atoms with E-state index in [4.69, 9.17) is 10.8 Å². The molecule has 6 heteroatoms. The largest absolute Gasteiger partial charge is 0.398 e. The highest BCUT2D eigenvalue weighted by molar-refractivity contribution is 7.99. The number of likely N-dealkylation sites (N-methyl/N-ethyl adjacent to an activating group) is 1. The molecule has 0 radical (unpaired) electrons. The van der Waals surface area contributed by atoms with Crippen molar-refractivity contribution in [2.45, 2.75) is 30.3 Å². The van der Waals surface area contributed by atoms with Crippen molar-refractivity contribution in [3.05, 3.63) is 30.5 Å². The van der Waals surface area contributed by atoms with Gasteiger partial charge >= 0.3 is 0 Å². The average molecular weight is 339 g/mol. The van der Waals surface area contributed by atoms with Crippen LogP contribution in [0.4, 0.5) is 5.69 Å². The number of benzene rings is 1. The predicted molar refractivity (Wildman–Crippen MR) is 99.3 cm³/mol. The summed E-state index contributed by atoms with van der Waals surface area (Å²) in [7, 11) is 0. The molecule has 0 spiro atoms. The lowest BCUT2D eigenvalue weighted by molar-refractivity contribution is 0.287. The highest BCUT2D eigenvalue weighted by Crippen LogP contribution is 2.48. The molecule has 0 aliphatic carbocycles. The first kappa shape index (κ1) is 15.5. The summed E-state index contributed by atoms with van der Waals surface area (Å²) in [4.78, 5) is 8.00. The van der Waals surface area contributed by atoms with Crippen molar-refractivity contribution in [1.82, 2.24) is 19.7 Å². The Hall–Kier alpha value is -2.05. The molecule has 1 aliphatic rings. The number of hydrogen-bond acceptors (Lipinski definition) is 5. The van der Waals surface area contributed by atoms with E-state index in [9.17, 15) is 0 Å². The van der Waals surface area contributed by atoms with Gasteiger partial charge in [-0.2, -0.15) is 5.10 Å². The third-order valence-electron chi connectivity index (χ3n) is 4.65. The summed E-state index contributed by atoms with van der Waals surface area (Å²) in [5.74, 6) is 0. The fourth-order valence-corrected chi connectivity index (χ4v) is 4.32. The molecule has 124 valence electrons. The predicted octanol–water partition coefficient (Wildman–Crippen LogP) is 3.49. The zero-order chi connectivity index (χ0) is 16.7. The van der Waals surface area contributed by atoms with E-state index in [1.54, 1.807) is 11.8 Å². The molecule has 1 aromatic carbocycles. The molecule has 5 nitrogen and oxygen atoms in total. The number of pyridine rings is 1. The van der Waals surface area contributed by atoms with E-state index in [2.05, 4.69) is 40.5 Å². The molecule has 0 unspecified atom stereocenters. The molecule has 0 bridgehead atoms. The maximum atomic E-state index is 6.24. The molecule has 4 rings (SSSR count). The number of rotatable bonds is 5. The van der Waals surface area contributed by atoms with Gasteiger partial charge < -0.3 is 10.6 Å². The van der Waals surface area contributed by atoms with Crippen LogP contribution in [0.2, 0.25) is 0 Å². The van der Waals surface area contributed by atoms with Gasteiger partial charge in [-0.3, -0.25) is 4.68 Å². The van der Waals surface area contributed by atoms with Gasteiger partial charge in [-0.15, -0.1) is 0 Å². The van der Waals surface area contributed by atoms with Gasteiger partial charge in [0.15, 0.2) is 0 Å². The summed E-state index contributed by atoms with van der Waals surface area (Å²) in [5, 5.41) is 7.08. The third kappa shape index (κ3) is 2.37. The van der Waals surface area contributed by atoms with Gasteiger partial charge in [-0.25, -0.2) is 4.98 Å². The Kier molecular flexibility index (Phi) is 3.94. The Bertz CT molecular complexity index is 898. The summed E-state index contributed by atoms with van der Waals surface area (Å²) in [6, 6.07) is 8.14. The van der Waals surface area contributed by atoms with Gasteiger partial charge in [-0.1, -0.05) is 25.6 Å². The SMILES string of the molecule is CCN(CC)CCn1nc2c3c(c(N)ccc31)Sc1ncccc1-2. The highest BCUT2D eigenvalue weighted by atomic mass is 32.2. The van der Waals surface area contributed by atoms with Gasteiger partial charge in [0.25, 0.3) is 0 Å². The Morgan fingerprint density at radius 2 is 2.04 bits per heavy atom. The molecular formula is C18H21N5S. The fourth-order valence-electron chi connectivity index (χ4n) is 3.25. The lowest BCUT2D eigenvalue weighted by Gasteiger charge is -2.18. The zero-order valence-corrected chi connectivity index (χ0v) is 14.8. The number of fused-ring (bicyclic) bond motifs is 2. The topological polar surface area (TPSA) is 60.0 Å². The van der Waals surface area contributed by atoms with Crippen LogP contribution in [0.5, 0.6) is 0 Å². The van der Waals surface area contributed by atoms with Crippen LogP contribution >= 0.6 is 11.8 Å². The first-order valence-electron chi connectivity index (χ1n) is 8.37. The zero-order valence-electron chi connectivity index (χ0n) is 14.0. The molecule has 0 atom stereocenters. The third-order valence-corrected chi connectivity index (χ3v) is 5.81. The summed E-state index contributed by atoms with van der Waals surface area (Å²) < 4.78 is 2.12. The lowest BCUT2D eigenvalue weighted by atomic mass is 10.1. The number of nitrogens with zero attached hydrogens (tertiary/aromatic N) is 4. The lowest BCUT2D eigenvalue weighted by Crippen LogP contribution is -2.27. The van der Waals surface area contributed by atoms with E-state index < -0.39 is 0 Å². The Morgan fingerprint density at radius 1 is 1.21 bits per heavy atom. The number of hydrogen-bond donors (Lipinski definition) is 1. The number of anilines is 1. The van der Waals surface area contributed by atoms with Crippen LogP contribution in [-0.4, -0.2) is 39.3 Å². The fraction of sp³-hybridized carbons (Fsp3) is 0.333. The van der Waals surface area contributed by atoms with Gasteiger partial charge in [0.05, 0.1) is 12.1 Å². The quantitative estimate of drug-likeness (QED) is 0.564. The maximum Gasteiger partial charge on any atom is 0.110 e. The van der Waals surface area contributed by atoms with Crippen LogP contribution in [0.1, 0.15) is 13.8 Å². The second-order valence-electron chi connectivity index (χ2n) is 5.93. The van der Waals surface area contributed by atoms with Crippen molar-refractivity contribution in [2.75, 3.05) is 25.4 Å². The second kappa shape index (κ2) is 6.11. The van der Waals surface area contributed by atoms with Crippen LogP contribution in [0.15, 0.2) is 40.4 Å². The molecule has 24 heavy (non-hydrogen) atoms. The Morgan fingerprint density at radius 3 is 2.83 bits per heavy atom. The minimum atomic E-state index is 0.799. The van der Waals surface area contributed by atoms with Crippen LogP contribution in [0.3, 0.4) is 0 Å². The molecule has 0 saturated carbocycles. The number of aromatic nitrogens is 3. The first-order chi connectivity index (χ1) is 11.7. The van der Waals surface area contributed by atoms with Crippen molar-refractivity contribution in [2.24, 2.45) is 0 Å². The van der Waals surface area contributed by atoms with E-state index in [1.165, 1.54) is 5.39 Å². The van der Waals surface area contributed by atoms with Crippen molar-refractivity contribution < 1.29 is 0 Å². The summed E-state index contributed by atoms with van der Waals surface area (Å²) in [5.41, 5.74) is 10.3. The molecule has 0 saturated heterocycles. The van der Waals surface area contributed by atoms with E-state index >= 15 is 0 Å². The van der Waals surface area contributed by atoms with E-state index in [-0.39, 0.29) is 0 Å². The Labute approximate surface area is 145 Å². The minimum Gasteiger partial charge on any atom is -0.398 e. The maximum absolute atomic E-state index is 6.24. The average Bonchev–Trinajstić information content (AvgIpc) is 2.99. The van der Waals surface area contributed by atoms with Gasteiger partial charge in [0.2, 0.25) is 0 Å². The molecular weight excluding hydrogens is 318 g/mol. The van der Waals surface area contributed by atoms with Gasteiger partial charge in [0, 0.05) is 34.3 Å². The van der Waals surface area contributed by atoms with Crippen LogP contribution in [0.25, 0.3) is 22.2 Å². The van der Waals surface area contributed by atoms with Crippen molar-refractivity contribution in [1.29, 1.82) is 0 Å². The summed E-state index contributed by atoms with van der Waals surface area (Å²) in [6.07, 6.45) is 1.82. The Balaban J connectivity index is 1.84. The van der Waals surface area contributed by atoms with Crippen molar-refractivity contribution in [3.63, 3.8) is 0 Å². The van der Waals surface area contributed by atoms with Crippen LogP contribution in [-0.2, 0) is 6.54 Å². The molecule has 1 aliphatic heterocycles. The molecule has 0 fully saturated rings. The number of nitrogens with two attached hydrogens (primary N) is 1. The summed E-state index contributed by atoms with van der Waals surface area (Å²) >= 11 is 1.65. The first-order valence-corrected chi connectivity index (χ1v) is 9.19. The van der Waals surface area contributed by atoms with E-state index in [0.717, 1.165) is 58.6 Å². The molecule has 3 heterocycles. The van der Waals surface area contributed by atoms with Crippen molar-refractivity contribution in [3.8, 4) is 11.3 Å². The second-order valence-corrected chi connectivity index (χ2v) is 6.93. The highest BCUT2D eigenvalue weighted by Gasteiger charge is 2.26. The minimum absolute atomic E-state index is 0.799. The van der Waals surface area contributed by atoms with Gasteiger partial charge in [-0.05, 0) is 37.4 Å².